The largest absolute Gasteiger partial charge is 0.396 e. The van der Waals surface area contributed by atoms with Gasteiger partial charge in [0, 0.05) is 19.7 Å². The quantitative estimate of drug-likeness (QED) is 0.865. The van der Waals surface area contributed by atoms with Crippen molar-refractivity contribution >= 4 is 5.91 Å². The smallest absolute Gasteiger partial charge is 0.279 e. The molecule has 0 aliphatic carbocycles. The zero-order chi connectivity index (χ0) is 16.4. The summed E-state index contributed by atoms with van der Waals surface area (Å²) in [5, 5.41) is 16.1. The van der Waals surface area contributed by atoms with E-state index in [1.165, 1.54) is 11.7 Å². The second kappa shape index (κ2) is 6.39. The fourth-order valence-electron chi connectivity index (χ4n) is 2.20. The first kappa shape index (κ1) is 17.4. The number of aliphatic hydroxyl groups excluding tert-OH is 1. The van der Waals surface area contributed by atoms with Gasteiger partial charge in [0.2, 0.25) is 0 Å². The molecule has 0 saturated carbocycles. The van der Waals surface area contributed by atoms with Crippen LogP contribution in [0.3, 0.4) is 0 Å². The summed E-state index contributed by atoms with van der Waals surface area (Å²) in [6, 6.07) is -0.215. The molecule has 0 aliphatic rings. The van der Waals surface area contributed by atoms with Crippen LogP contribution in [0.15, 0.2) is 4.79 Å². The first-order valence-electron chi connectivity index (χ1n) is 7.05. The van der Waals surface area contributed by atoms with Gasteiger partial charge in [-0.15, -0.1) is 0 Å². The van der Waals surface area contributed by atoms with E-state index >= 15 is 0 Å². The molecular formula is C15H25N3O3. The maximum Gasteiger partial charge on any atom is 0.279 e. The fraction of sp³-hybridized carbons (Fsp3) is 0.667. The van der Waals surface area contributed by atoms with Gasteiger partial charge in [-0.05, 0) is 31.2 Å². The molecule has 0 aliphatic heterocycles. The molecule has 2 N–H and O–H groups in total. The average molecular weight is 295 g/mol. The summed E-state index contributed by atoms with van der Waals surface area (Å²) in [6.07, 6.45) is 0.443. The Bertz CT molecular complexity index is 585. The van der Waals surface area contributed by atoms with Crippen LogP contribution in [0.1, 0.15) is 48.8 Å². The molecular weight excluding hydrogens is 270 g/mol. The van der Waals surface area contributed by atoms with E-state index in [1.54, 1.807) is 13.8 Å². The molecule has 0 fully saturated rings. The third-order valence-corrected chi connectivity index (χ3v) is 3.72. The molecule has 1 unspecified atom stereocenters. The highest BCUT2D eigenvalue weighted by Crippen LogP contribution is 2.22. The molecule has 1 aromatic heterocycles. The highest BCUT2D eigenvalue weighted by molar-refractivity contribution is 5.95. The Labute approximate surface area is 125 Å². The number of carbonyl (C=O) groups excluding carboxylic acids is 1. The lowest BCUT2D eigenvalue weighted by atomic mass is 9.84. The molecule has 1 amide bonds. The molecule has 1 heterocycles. The van der Waals surface area contributed by atoms with Gasteiger partial charge in [-0.2, -0.15) is 5.10 Å². The van der Waals surface area contributed by atoms with E-state index < -0.39 is 11.5 Å². The number of hydrogen-bond donors (Lipinski definition) is 2. The predicted octanol–water partition coefficient (Wildman–Crippen LogP) is 0.924. The van der Waals surface area contributed by atoms with Crippen molar-refractivity contribution in [1.82, 2.24) is 15.1 Å². The van der Waals surface area contributed by atoms with Gasteiger partial charge < -0.3 is 10.4 Å². The molecule has 1 atom stereocenters. The van der Waals surface area contributed by atoms with E-state index in [1.807, 2.05) is 20.8 Å². The number of aromatic nitrogens is 2. The number of nitrogens with zero attached hydrogens (tertiary/aromatic N) is 2. The van der Waals surface area contributed by atoms with E-state index in [0.29, 0.717) is 17.7 Å². The minimum absolute atomic E-state index is 0.0193. The lowest BCUT2D eigenvalue weighted by molar-refractivity contribution is 0.0882. The number of aryl methyl sites for hydroxylation is 2. The van der Waals surface area contributed by atoms with Gasteiger partial charge in [-0.3, -0.25) is 9.59 Å². The van der Waals surface area contributed by atoms with Crippen LogP contribution < -0.4 is 10.9 Å². The summed E-state index contributed by atoms with van der Waals surface area (Å²) in [5.74, 6) is -0.410. The number of nitrogens with one attached hydrogen (secondary N) is 1. The van der Waals surface area contributed by atoms with Crippen LogP contribution in [-0.4, -0.2) is 33.4 Å². The first-order chi connectivity index (χ1) is 9.59. The van der Waals surface area contributed by atoms with E-state index in [-0.39, 0.29) is 23.6 Å². The summed E-state index contributed by atoms with van der Waals surface area (Å²) in [5.41, 5.74) is 0.744. The van der Waals surface area contributed by atoms with Gasteiger partial charge in [0.15, 0.2) is 0 Å². The second-order valence-electron chi connectivity index (χ2n) is 6.42. The van der Waals surface area contributed by atoms with Crippen molar-refractivity contribution in [3.05, 3.63) is 27.2 Å². The van der Waals surface area contributed by atoms with Crippen LogP contribution in [0.4, 0.5) is 0 Å². The average Bonchev–Trinajstić information content (AvgIpc) is 2.35. The van der Waals surface area contributed by atoms with E-state index in [0.717, 1.165) is 0 Å². The monoisotopic (exact) mass is 295 g/mol. The van der Waals surface area contributed by atoms with Gasteiger partial charge in [0.05, 0.1) is 5.69 Å². The highest BCUT2D eigenvalue weighted by Gasteiger charge is 2.28. The number of aliphatic hydroxyl groups is 1. The van der Waals surface area contributed by atoms with E-state index in [4.69, 9.17) is 5.11 Å². The van der Waals surface area contributed by atoms with Crippen molar-refractivity contribution in [2.45, 2.75) is 47.1 Å². The minimum Gasteiger partial charge on any atom is -0.396 e. The summed E-state index contributed by atoms with van der Waals surface area (Å²) >= 11 is 0. The molecule has 21 heavy (non-hydrogen) atoms. The van der Waals surface area contributed by atoms with Crippen molar-refractivity contribution in [3.8, 4) is 0 Å². The van der Waals surface area contributed by atoms with Crippen molar-refractivity contribution in [2.24, 2.45) is 12.5 Å². The van der Waals surface area contributed by atoms with E-state index in [9.17, 15) is 9.59 Å². The molecule has 0 radical (unpaired) electrons. The normalized spacial score (nSPS) is 13.1. The van der Waals surface area contributed by atoms with Crippen LogP contribution in [-0.2, 0) is 7.05 Å². The number of carbonyl (C=O) groups is 1. The van der Waals surface area contributed by atoms with Crippen LogP contribution >= 0.6 is 0 Å². The zero-order valence-corrected chi connectivity index (χ0v) is 13.6. The molecule has 6 nitrogen and oxygen atoms in total. The van der Waals surface area contributed by atoms with Crippen LogP contribution in [0, 0.1) is 19.3 Å². The standard InChI is InChI=1S/C15H25N3O3/c1-9-10(2)17-18(6)14(21)12(9)13(20)16-11(7-8-19)15(3,4)5/h11,19H,7-8H2,1-6H3,(H,16,20). The number of hydrogen-bond acceptors (Lipinski definition) is 4. The summed E-state index contributed by atoms with van der Waals surface area (Å²) < 4.78 is 1.18. The topological polar surface area (TPSA) is 84.2 Å². The third-order valence-electron chi connectivity index (χ3n) is 3.72. The Hall–Kier alpha value is -1.69. The van der Waals surface area contributed by atoms with Crippen molar-refractivity contribution in [3.63, 3.8) is 0 Å². The molecule has 0 bridgehead atoms. The molecule has 0 saturated heterocycles. The summed E-state index contributed by atoms with van der Waals surface area (Å²) in [6.45, 7) is 9.41. The Morgan fingerprint density at radius 1 is 1.38 bits per heavy atom. The summed E-state index contributed by atoms with van der Waals surface area (Å²) in [7, 11) is 1.53. The molecule has 1 aromatic rings. The molecule has 1 rings (SSSR count). The summed E-state index contributed by atoms with van der Waals surface area (Å²) in [4.78, 5) is 24.7. The minimum atomic E-state index is -0.410. The van der Waals surface area contributed by atoms with Crippen molar-refractivity contribution < 1.29 is 9.90 Å². The number of amides is 1. The van der Waals surface area contributed by atoms with Gasteiger partial charge in [-0.25, -0.2) is 4.68 Å². The van der Waals surface area contributed by atoms with Crippen molar-refractivity contribution in [2.75, 3.05) is 6.61 Å². The molecule has 0 spiro atoms. The van der Waals surface area contributed by atoms with E-state index in [2.05, 4.69) is 10.4 Å². The first-order valence-corrected chi connectivity index (χ1v) is 7.05. The van der Waals surface area contributed by atoms with Gasteiger partial charge in [-0.1, -0.05) is 20.8 Å². The van der Waals surface area contributed by atoms with Gasteiger partial charge >= 0.3 is 0 Å². The third kappa shape index (κ3) is 3.91. The Kier molecular flexibility index (Phi) is 5.28. The second-order valence-corrected chi connectivity index (χ2v) is 6.42. The Morgan fingerprint density at radius 2 is 1.95 bits per heavy atom. The Balaban J connectivity index is 3.18. The highest BCUT2D eigenvalue weighted by atomic mass is 16.3. The SMILES string of the molecule is Cc1nn(C)c(=O)c(C(=O)NC(CCO)C(C)(C)C)c1C. The molecule has 118 valence electrons. The van der Waals surface area contributed by atoms with Crippen LogP contribution in [0.2, 0.25) is 0 Å². The predicted molar refractivity (Wildman–Crippen MR) is 81.4 cm³/mol. The van der Waals surface area contributed by atoms with Gasteiger partial charge in [0.25, 0.3) is 11.5 Å². The van der Waals surface area contributed by atoms with Crippen LogP contribution in [0.25, 0.3) is 0 Å². The lowest BCUT2D eigenvalue weighted by Crippen LogP contribution is -2.46. The number of rotatable bonds is 4. The van der Waals surface area contributed by atoms with Crippen LogP contribution in [0.5, 0.6) is 0 Å². The van der Waals surface area contributed by atoms with Crippen molar-refractivity contribution in [1.29, 1.82) is 0 Å². The fourth-order valence-corrected chi connectivity index (χ4v) is 2.20. The lowest BCUT2D eigenvalue weighted by Gasteiger charge is -2.31. The maximum absolute atomic E-state index is 12.5. The molecule has 0 aromatic carbocycles. The zero-order valence-electron chi connectivity index (χ0n) is 13.6. The Morgan fingerprint density at radius 3 is 2.43 bits per heavy atom. The maximum atomic E-state index is 12.5. The molecule has 6 heteroatoms. The van der Waals surface area contributed by atoms with Gasteiger partial charge in [0.1, 0.15) is 5.56 Å².